The molecule has 0 amide bonds. The van der Waals surface area contributed by atoms with Gasteiger partial charge >= 0.3 is 0 Å². The number of aryl methyl sites for hydroxylation is 2. The molecular formula is C26H34N6O6S2+2. The van der Waals surface area contributed by atoms with Crippen LogP contribution >= 0.6 is 23.5 Å². The van der Waals surface area contributed by atoms with E-state index in [-0.39, 0.29) is 0 Å². The highest BCUT2D eigenvalue weighted by molar-refractivity contribution is 6.99. The molecule has 0 aliphatic rings. The Balaban J connectivity index is 0.942. The maximum Gasteiger partial charge on any atom is 0.254 e. The van der Waals surface area contributed by atoms with Crippen LogP contribution in [0, 0.1) is 0 Å². The Hall–Kier alpha value is -3.14. The third-order valence-electron chi connectivity index (χ3n) is 5.39. The molecule has 0 aliphatic heterocycles. The van der Waals surface area contributed by atoms with Gasteiger partial charge in [0.05, 0.1) is 87.4 Å². The van der Waals surface area contributed by atoms with Crippen molar-refractivity contribution >= 4 is 23.5 Å². The Morgan fingerprint density at radius 2 is 0.925 bits per heavy atom. The molecule has 4 aromatic heterocycles. The predicted octanol–water partition coefficient (Wildman–Crippen LogP) is 1.90. The van der Waals surface area contributed by atoms with Crippen molar-refractivity contribution in [1.82, 2.24) is 17.5 Å². The average Bonchev–Trinajstić information content (AvgIpc) is 3.63. The van der Waals surface area contributed by atoms with Crippen molar-refractivity contribution in [2.75, 3.05) is 66.1 Å². The van der Waals surface area contributed by atoms with Crippen LogP contribution in [0.2, 0.25) is 0 Å². The van der Waals surface area contributed by atoms with Gasteiger partial charge in [0.2, 0.25) is 0 Å². The highest BCUT2D eigenvalue weighted by Gasteiger charge is 2.15. The molecule has 12 nitrogen and oxygen atoms in total. The standard InChI is InChI=1S/C26H34N6O6S2/c1-31-7-3-5-21(19-31)23-25(29-39-27-23)37-17-15-35-13-11-33-9-10-34-12-14-36-16-18-38-26-24(28-40-30-26)22-6-4-8-32(2)20-22/h3-8,19-20H,9-18H2,1-2H3/q+2. The molecular weight excluding hydrogens is 556 g/mol. The van der Waals surface area contributed by atoms with Crippen molar-refractivity contribution in [2.24, 2.45) is 14.1 Å². The summed E-state index contributed by atoms with van der Waals surface area (Å²) in [5, 5.41) is 0. The minimum absolute atomic E-state index is 0.388. The average molecular weight is 591 g/mol. The molecule has 0 fully saturated rings. The fourth-order valence-corrected chi connectivity index (χ4v) is 4.55. The van der Waals surface area contributed by atoms with E-state index in [0.717, 1.165) is 46.0 Å². The number of ether oxygens (including phenoxy) is 6. The highest BCUT2D eigenvalue weighted by Crippen LogP contribution is 2.27. The topological polar surface area (TPSA) is 115 Å². The zero-order valence-corrected chi connectivity index (χ0v) is 24.3. The quantitative estimate of drug-likeness (QED) is 0.118. The van der Waals surface area contributed by atoms with Crippen molar-refractivity contribution in [1.29, 1.82) is 0 Å². The van der Waals surface area contributed by atoms with Gasteiger partial charge in [-0.2, -0.15) is 8.75 Å². The van der Waals surface area contributed by atoms with E-state index in [9.17, 15) is 0 Å². The smallest absolute Gasteiger partial charge is 0.254 e. The molecule has 0 atom stereocenters. The first-order chi connectivity index (χ1) is 19.7. The second-order valence-electron chi connectivity index (χ2n) is 8.50. The second-order valence-corrected chi connectivity index (χ2v) is 9.56. The molecule has 0 saturated carbocycles. The Morgan fingerprint density at radius 1 is 0.550 bits per heavy atom. The first-order valence-corrected chi connectivity index (χ1v) is 14.3. The van der Waals surface area contributed by atoms with E-state index < -0.39 is 0 Å². The summed E-state index contributed by atoms with van der Waals surface area (Å²) in [6, 6.07) is 7.88. The number of hydrogen-bond acceptors (Lipinski definition) is 12. The predicted molar refractivity (Wildman–Crippen MR) is 147 cm³/mol. The van der Waals surface area contributed by atoms with Crippen molar-refractivity contribution < 1.29 is 37.6 Å². The molecule has 0 unspecified atom stereocenters. The van der Waals surface area contributed by atoms with Gasteiger partial charge in [-0.25, -0.2) is 9.13 Å². The van der Waals surface area contributed by atoms with Crippen molar-refractivity contribution in [2.45, 2.75) is 0 Å². The van der Waals surface area contributed by atoms with Crippen LogP contribution in [0.25, 0.3) is 22.5 Å². The van der Waals surface area contributed by atoms with E-state index in [2.05, 4.69) is 17.5 Å². The maximum absolute atomic E-state index is 5.74. The van der Waals surface area contributed by atoms with Gasteiger partial charge in [-0.15, -0.1) is 8.75 Å². The van der Waals surface area contributed by atoms with Gasteiger partial charge in [-0.1, -0.05) is 0 Å². The van der Waals surface area contributed by atoms with E-state index in [0.29, 0.717) is 77.8 Å². The normalized spacial score (nSPS) is 11.2. The maximum atomic E-state index is 5.74. The van der Waals surface area contributed by atoms with Crippen LogP contribution in [-0.2, 0) is 33.0 Å². The summed E-state index contributed by atoms with van der Waals surface area (Å²) < 4.78 is 54.7. The summed E-state index contributed by atoms with van der Waals surface area (Å²) in [6.45, 7) is 4.54. The molecule has 0 aromatic carbocycles. The van der Waals surface area contributed by atoms with Gasteiger partial charge in [0.15, 0.2) is 36.2 Å². The van der Waals surface area contributed by atoms with E-state index >= 15 is 0 Å². The molecule has 0 N–H and O–H groups in total. The van der Waals surface area contributed by atoms with Gasteiger partial charge in [-0.05, 0) is 12.1 Å². The minimum Gasteiger partial charge on any atom is -0.473 e. The zero-order chi connectivity index (χ0) is 27.8. The van der Waals surface area contributed by atoms with Crippen LogP contribution < -0.4 is 18.6 Å². The molecule has 14 heteroatoms. The molecule has 0 saturated heterocycles. The summed E-state index contributed by atoms with van der Waals surface area (Å²) in [5.74, 6) is 1.04. The Kier molecular flexibility index (Phi) is 12.6. The number of nitrogens with zero attached hydrogens (tertiary/aromatic N) is 6. The third-order valence-corrected chi connectivity index (χ3v) is 6.42. The van der Waals surface area contributed by atoms with E-state index in [1.807, 2.05) is 72.3 Å². The molecule has 0 radical (unpaired) electrons. The lowest BCUT2D eigenvalue weighted by Gasteiger charge is -2.08. The van der Waals surface area contributed by atoms with Crippen LogP contribution in [-0.4, -0.2) is 83.6 Å². The number of hydrogen-bond donors (Lipinski definition) is 0. The molecule has 0 bridgehead atoms. The summed E-state index contributed by atoms with van der Waals surface area (Å²) in [5.41, 5.74) is 3.40. The summed E-state index contributed by atoms with van der Waals surface area (Å²) >= 11 is 2.26. The molecule has 214 valence electrons. The lowest BCUT2D eigenvalue weighted by Crippen LogP contribution is -2.26. The van der Waals surface area contributed by atoms with Crippen molar-refractivity contribution in [3.8, 4) is 34.3 Å². The second kappa shape index (κ2) is 16.8. The van der Waals surface area contributed by atoms with E-state index in [1.165, 1.54) is 0 Å². The third kappa shape index (κ3) is 9.80. The first-order valence-electron chi connectivity index (χ1n) is 12.8. The molecule has 4 rings (SSSR count). The van der Waals surface area contributed by atoms with Crippen molar-refractivity contribution in [3.05, 3.63) is 49.1 Å². The first kappa shape index (κ1) is 29.8. The number of rotatable bonds is 19. The molecule has 4 aromatic rings. The summed E-state index contributed by atoms with van der Waals surface area (Å²) in [6.07, 6.45) is 7.88. The van der Waals surface area contributed by atoms with Crippen LogP contribution in [0.3, 0.4) is 0 Å². The molecule has 0 spiro atoms. The minimum atomic E-state index is 0.388. The van der Waals surface area contributed by atoms with Crippen LogP contribution in [0.1, 0.15) is 0 Å². The van der Waals surface area contributed by atoms with E-state index in [1.54, 1.807) is 0 Å². The van der Waals surface area contributed by atoms with Gasteiger partial charge in [0.25, 0.3) is 11.8 Å². The lowest BCUT2D eigenvalue weighted by molar-refractivity contribution is -0.671. The Bertz CT molecular complexity index is 1190. The SMILES string of the molecule is C[n+]1cccc(-c2nsnc2OCCOCCOCCOCCOCCOc2nsnc2-c2ccc[n+](C)c2)c1. The zero-order valence-electron chi connectivity index (χ0n) is 22.6. The molecule has 0 aliphatic carbocycles. The van der Waals surface area contributed by atoms with Crippen LogP contribution in [0.4, 0.5) is 0 Å². The van der Waals surface area contributed by atoms with Gasteiger partial charge in [0.1, 0.15) is 27.3 Å². The van der Waals surface area contributed by atoms with Crippen molar-refractivity contribution in [3.63, 3.8) is 0 Å². The summed E-state index contributed by atoms with van der Waals surface area (Å²) in [4.78, 5) is 0. The monoisotopic (exact) mass is 590 g/mol. The fourth-order valence-electron chi connectivity index (χ4n) is 3.52. The largest absolute Gasteiger partial charge is 0.473 e. The van der Waals surface area contributed by atoms with Gasteiger partial charge in [-0.3, -0.25) is 0 Å². The summed E-state index contributed by atoms with van der Waals surface area (Å²) in [7, 11) is 3.92. The van der Waals surface area contributed by atoms with Crippen LogP contribution in [0.15, 0.2) is 49.1 Å². The Morgan fingerprint density at radius 3 is 1.30 bits per heavy atom. The van der Waals surface area contributed by atoms with Gasteiger partial charge in [0, 0.05) is 12.1 Å². The number of aromatic nitrogens is 6. The van der Waals surface area contributed by atoms with Gasteiger partial charge < -0.3 is 28.4 Å². The highest BCUT2D eigenvalue weighted by atomic mass is 32.1. The molecule has 40 heavy (non-hydrogen) atoms. The lowest BCUT2D eigenvalue weighted by atomic mass is 10.2. The Labute approximate surface area is 241 Å². The number of pyridine rings is 2. The van der Waals surface area contributed by atoms with Crippen LogP contribution in [0.5, 0.6) is 11.8 Å². The molecule has 4 heterocycles. The van der Waals surface area contributed by atoms with E-state index in [4.69, 9.17) is 28.4 Å². The fraction of sp³-hybridized carbons (Fsp3) is 0.462.